The van der Waals surface area contributed by atoms with Crippen LogP contribution in [-0.2, 0) is 0 Å². The lowest BCUT2D eigenvalue weighted by atomic mass is 10.1. The summed E-state index contributed by atoms with van der Waals surface area (Å²) in [6.45, 7) is -2.93. The second kappa shape index (κ2) is 4.26. The zero-order valence-electron chi connectivity index (χ0n) is 8.19. The van der Waals surface area contributed by atoms with Gasteiger partial charge in [-0.05, 0) is 22.9 Å². The molecule has 0 fully saturated rings. The van der Waals surface area contributed by atoms with Gasteiger partial charge in [-0.15, -0.1) is 0 Å². The molecule has 0 atom stereocenters. The van der Waals surface area contributed by atoms with Crippen LogP contribution in [0.25, 0.3) is 10.8 Å². The topological polar surface area (TPSA) is 26.3 Å². The van der Waals surface area contributed by atoms with E-state index in [9.17, 15) is 13.6 Å². The van der Waals surface area contributed by atoms with Crippen molar-refractivity contribution in [2.45, 2.75) is 6.61 Å². The molecule has 2 aromatic rings. The van der Waals surface area contributed by atoms with Crippen LogP contribution in [0.4, 0.5) is 8.78 Å². The number of benzene rings is 2. The lowest BCUT2D eigenvalue weighted by molar-refractivity contribution is -0.0499. The van der Waals surface area contributed by atoms with Crippen LogP contribution in [0.5, 0.6) is 5.75 Å². The molecule has 82 valence electrons. The Bertz CT molecular complexity index is 523. The highest BCUT2D eigenvalue weighted by atomic mass is 19.3. The minimum Gasteiger partial charge on any atom is -0.434 e. The zero-order valence-corrected chi connectivity index (χ0v) is 8.19. The fourth-order valence-corrected chi connectivity index (χ4v) is 1.53. The molecule has 0 bridgehead atoms. The summed E-state index contributed by atoms with van der Waals surface area (Å²) in [7, 11) is 0. The molecule has 0 amide bonds. The van der Waals surface area contributed by atoms with Crippen molar-refractivity contribution in [2.24, 2.45) is 0 Å². The van der Waals surface area contributed by atoms with Crippen LogP contribution < -0.4 is 4.74 Å². The van der Waals surface area contributed by atoms with Crippen molar-refractivity contribution in [3.63, 3.8) is 0 Å². The quantitative estimate of drug-likeness (QED) is 0.745. The Hall–Kier alpha value is -1.97. The van der Waals surface area contributed by atoms with Gasteiger partial charge in [-0.25, -0.2) is 0 Å². The van der Waals surface area contributed by atoms with E-state index >= 15 is 0 Å². The van der Waals surface area contributed by atoms with Crippen molar-refractivity contribution in [1.82, 2.24) is 0 Å². The van der Waals surface area contributed by atoms with E-state index in [0.717, 1.165) is 10.8 Å². The molecule has 0 aromatic heterocycles. The Balaban J connectivity index is 2.58. The van der Waals surface area contributed by atoms with E-state index in [2.05, 4.69) is 4.74 Å². The van der Waals surface area contributed by atoms with Gasteiger partial charge in [0.25, 0.3) is 0 Å². The van der Waals surface area contributed by atoms with Crippen LogP contribution in [-0.4, -0.2) is 12.9 Å². The highest BCUT2D eigenvalue weighted by Crippen LogP contribution is 2.26. The molecule has 0 aliphatic carbocycles. The van der Waals surface area contributed by atoms with Gasteiger partial charge >= 0.3 is 6.61 Å². The summed E-state index contributed by atoms with van der Waals surface area (Å²) in [6.07, 6.45) is 0.504. The second-order valence-corrected chi connectivity index (χ2v) is 3.23. The first-order valence-corrected chi connectivity index (χ1v) is 4.63. The molecule has 0 aliphatic rings. The number of hydrogen-bond acceptors (Lipinski definition) is 2. The van der Waals surface area contributed by atoms with Gasteiger partial charge in [0.1, 0.15) is 5.75 Å². The summed E-state index contributed by atoms with van der Waals surface area (Å²) in [5, 5.41) is 1.56. The number of ether oxygens (including phenoxy) is 1. The maximum atomic E-state index is 12.1. The normalized spacial score (nSPS) is 10.7. The Morgan fingerprint density at radius 1 is 1.12 bits per heavy atom. The fraction of sp³-hybridized carbons (Fsp3) is 0.0833. The van der Waals surface area contributed by atoms with E-state index in [0.29, 0.717) is 6.29 Å². The third-order valence-corrected chi connectivity index (χ3v) is 2.22. The molecule has 2 nitrogen and oxygen atoms in total. The zero-order chi connectivity index (χ0) is 11.5. The Morgan fingerprint density at radius 2 is 1.75 bits per heavy atom. The molecule has 0 heterocycles. The largest absolute Gasteiger partial charge is 0.434 e. The molecule has 0 unspecified atom stereocenters. The molecule has 2 rings (SSSR count). The smallest absolute Gasteiger partial charge is 0.387 e. The molecule has 0 saturated carbocycles. The average Bonchev–Trinajstić information content (AvgIpc) is 2.27. The van der Waals surface area contributed by atoms with E-state index in [4.69, 9.17) is 0 Å². The van der Waals surface area contributed by atoms with E-state index in [1.807, 2.05) is 6.07 Å². The highest BCUT2D eigenvalue weighted by molar-refractivity contribution is 5.92. The van der Waals surface area contributed by atoms with Crippen molar-refractivity contribution in [2.75, 3.05) is 0 Å². The van der Waals surface area contributed by atoms with Gasteiger partial charge in [-0.1, -0.05) is 24.3 Å². The molecule has 0 saturated heterocycles. The van der Waals surface area contributed by atoms with Gasteiger partial charge in [0, 0.05) is 0 Å². The summed E-state index contributed by atoms with van der Waals surface area (Å²) in [5.41, 5.74) is 0.124. The molecular formula is C12H8F2O2. The minimum absolute atomic E-state index is 0.0938. The number of alkyl halides is 2. The number of aldehydes is 1. The Labute approximate surface area is 90.4 Å². The van der Waals surface area contributed by atoms with Gasteiger partial charge in [-0.2, -0.15) is 8.78 Å². The van der Waals surface area contributed by atoms with Crippen LogP contribution in [0.15, 0.2) is 36.4 Å². The third-order valence-electron chi connectivity index (χ3n) is 2.22. The van der Waals surface area contributed by atoms with Gasteiger partial charge in [0.15, 0.2) is 6.29 Å². The summed E-state index contributed by atoms with van der Waals surface area (Å²) < 4.78 is 28.5. The molecule has 0 radical (unpaired) electrons. The minimum atomic E-state index is -2.93. The lowest BCUT2D eigenvalue weighted by Crippen LogP contribution is -2.04. The first-order valence-electron chi connectivity index (χ1n) is 4.63. The van der Waals surface area contributed by atoms with Crippen LogP contribution in [0.3, 0.4) is 0 Å². The van der Waals surface area contributed by atoms with E-state index in [1.54, 1.807) is 18.2 Å². The van der Waals surface area contributed by atoms with Crippen LogP contribution >= 0.6 is 0 Å². The number of carbonyl (C=O) groups is 1. The van der Waals surface area contributed by atoms with Crippen LogP contribution in [0.2, 0.25) is 0 Å². The standard InChI is InChI=1S/C12H8F2O2/c13-12(14)16-11-6-9-4-2-1-3-8(9)5-10(11)7-15/h1-7,12H. The van der Waals surface area contributed by atoms with E-state index < -0.39 is 6.61 Å². The second-order valence-electron chi connectivity index (χ2n) is 3.23. The number of fused-ring (bicyclic) bond motifs is 1. The summed E-state index contributed by atoms with van der Waals surface area (Å²) in [6, 6.07) is 10.1. The van der Waals surface area contributed by atoms with Crippen molar-refractivity contribution >= 4 is 17.1 Å². The van der Waals surface area contributed by atoms with Crippen molar-refractivity contribution < 1.29 is 18.3 Å². The number of halogens is 2. The van der Waals surface area contributed by atoms with Gasteiger partial charge in [0.05, 0.1) is 5.56 Å². The first-order chi connectivity index (χ1) is 7.70. The van der Waals surface area contributed by atoms with Crippen molar-refractivity contribution in [3.05, 3.63) is 42.0 Å². The molecular weight excluding hydrogens is 214 g/mol. The predicted octanol–water partition coefficient (Wildman–Crippen LogP) is 3.25. The van der Waals surface area contributed by atoms with E-state index in [-0.39, 0.29) is 11.3 Å². The van der Waals surface area contributed by atoms with Crippen molar-refractivity contribution in [1.29, 1.82) is 0 Å². The summed E-state index contributed by atoms with van der Waals surface area (Å²) >= 11 is 0. The third kappa shape index (κ3) is 2.00. The molecule has 2 aromatic carbocycles. The number of rotatable bonds is 3. The van der Waals surface area contributed by atoms with Gasteiger partial charge < -0.3 is 4.74 Å². The van der Waals surface area contributed by atoms with Crippen molar-refractivity contribution in [3.8, 4) is 5.75 Å². The van der Waals surface area contributed by atoms with Gasteiger partial charge in [-0.3, -0.25) is 4.79 Å². The number of hydrogen-bond donors (Lipinski definition) is 0. The van der Waals surface area contributed by atoms with Crippen LogP contribution in [0, 0.1) is 0 Å². The molecule has 4 heteroatoms. The maximum Gasteiger partial charge on any atom is 0.387 e. The van der Waals surface area contributed by atoms with Gasteiger partial charge in [0.2, 0.25) is 0 Å². The summed E-state index contributed by atoms with van der Waals surface area (Å²) in [4.78, 5) is 10.7. The number of carbonyl (C=O) groups excluding carboxylic acids is 1. The Kier molecular flexibility index (Phi) is 2.81. The molecule has 0 aliphatic heterocycles. The van der Waals surface area contributed by atoms with E-state index in [1.165, 1.54) is 12.1 Å². The first kappa shape index (κ1) is 10.5. The highest BCUT2D eigenvalue weighted by Gasteiger charge is 2.10. The average molecular weight is 222 g/mol. The Morgan fingerprint density at radius 3 is 2.31 bits per heavy atom. The summed E-state index contributed by atoms with van der Waals surface area (Å²) in [5.74, 6) is -0.0938. The lowest BCUT2D eigenvalue weighted by Gasteiger charge is -2.08. The monoisotopic (exact) mass is 222 g/mol. The maximum absolute atomic E-state index is 12.1. The molecule has 0 N–H and O–H groups in total. The fourth-order valence-electron chi connectivity index (χ4n) is 1.53. The molecule has 16 heavy (non-hydrogen) atoms. The predicted molar refractivity (Wildman–Crippen MR) is 56.0 cm³/mol. The SMILES string of the molecule is O=Cc1cc2ccccc2cc1OC(F)F. The van der Waals surface area contributed by atoms with Crippen LogP contribution in [0.1, 0.15) is 10.4 Å². The molecule has 0 spiro atoms.